The Bertz CT molecular complexity index is 354. The van der Waals surface area contributed by atoms with Gasteiger partial charge in [-0.3, -0.25) is 0 Å². The van der Waals surface area contributed by atoms with Gasteiger partial charge in [-0.1, -0.05) is 18.2 Å². The standard InChI is InChI=1S/C12H14F3N/c13-12(14,15)10-4-1-3-9(7-10)8-11-5-2-6-16-11/h1,3-4,7,11,16H,2,5-6,8H2/t11-/m0/s1. The molecule has 1 atom stereocenters. The van der Waals surface area contributed by atoms with Gasteiger partial charge in [0.15, 0.2) is 0 Å². The van der Waals surface area contributed by atoms with Crippen LogP contribution in [0.4, 0.5) is 13.2 Å². The Balaban J connectivity index is 2.09. The zero-order valence-electron chi connectivity index (χ0n) is 8.85. The van der Waals surface area contributed by atoms with Crippen LogP contribution in [0.15, 0.2) is 24.3 Å². The summed E-state index contributed by atoms with van der Waals surface area (Å²) in [5.74, 6) is 0. The summed E-state index contributed by atoms with van der Waals surface area (Å²) in [7, 11) is 0. The monoisotopic (exact) mass is 229 g/mol. The van der Waals surface area contributed by atoms with Crippen LogP contribution in [0.1, 0.15) is 24.0 Å². The van der Waals surface area contributed by atoms with E-state index in [2.05, 4.69) is 5.32 Å². The number of benzene rings is 1. The second kappa shape index (κ2) is 4.45. The Kier molecular flexibility index (Phi) is 3.19. The first-order chi connectivity index (χ1) is 7.55. The molecule has 1 heterocycles. The number of rotatable bonds is 2. The van der Waals surface area contributed by atoms with E-state index >= 15 is 0 Å². The maximum absolute atomic E-state index is 12.5. The first-order valence-corrected chi connectivity index (χ1v) is 5.45. The highest BCUT2D eigenvalue weighted by atomic mass is 19.4. The number of nitrogens with one attached hydrogen (secondary N) is 1. The van der Waals surface area contributed by atoms with Crippen molar-refractivity contribution in [3.8, 4) is 0 Å². The molecule has 0 aromatic heterocycles. The molecule has 4 heteroatoms. The van der Waals surface area contributed by atoms with Gasteiger partial charge in [-0.15, -0.1) is 0 Å². The molecule has 1 aliphatic heterocycles. The highest BCUT2D eigenvalue weighted by molar-refractivity contribution is 5.26. The Labute approximate surface area is 92.7 Å². The van der Waals surface area contributed by atoms with Crippen LogP contribution in [0, 0.1) is 0 Å². The van der Waals surface area contributed by atoms with Gasteiger partial charge in [-0.2, -0.15) is 13.2 Å². The maximum atomic E-state index is 12.5. The zero-order valence-corrected chi connectivity index (χ0v) is 8.85. The molecule has 0 aliphatic carbocycles. The molecule has 0 bridgehead atoms. The molecule has 1 nitrogen and oxygen atoms in total. The molecule has 0 saturated carbocycles. The number of alkyl halides is 3. The topological polar surface area (TPSA) is 12.0 Å². The van der Waals surface area contributed by atoms with E-state index in [0.717, 1.165) is 31.0 Å². The van der Waals surface area contributed by atoms with Crippen molar-refractivity contribution in [3.05, 3.63) is 35.4 Å². The third kappa shape index (κ3) is 2.76. The maximum Gasteiger partial charge on any atom is 0.416 e. The summed E-state index contributed by atoms with van der Waals surface area (Å²) in [6.45, 7) is 0.976. The number of halogens is 3. The molecule has 1 N–H and O–H groups in total. The lowest BCUT2D eigenvalue weighted by Crippen LogP contribution is -2.23. The van der Waals surface area contributed by atoms with Crippen molar-refractivity contribution in [1.82, 2.24) is 5.32 Å². The van der Waals surface area contributed by atoms with Crippen LogP contribution in [-0.2, 0) is 12.6 Å². The quantitative estimate of drug-likeness (QED) is 0.822. The van der Waals surface area contributed by atoms with Gasteiger partial charge in [0.25, 0.3) is 0 Å². The van der Waals surface area contributed by atoms with Crippen LogP contribution in [0.2, 0.25) is 0 Å². The van der Waals surface area contributed by atoms with E-state index in [4.69, 9.17) is 0 Å². The summed E-state index contributed by atoms with van der Waals surface area (Å²) in [6, 6.07) is 5.94. The average Bonchev–Trinajstić information content (AvgIpc) is 2.70. The molecule has 1 fully saturated rings. The van der Waals surface area contributed by atoms with E-state index in [-0.39, 0.29) is 0 Å². The zero-order chi connectivity index (χ0) is 11.6. The van der Waals surface area contributed by atoms with Gasteiger partial charge in [0.2, 0.25) is 0 Å². The van der Waals surface area contributed by atoms with E-state index in [1.165, 1.54) is 12.1 Å². The van der Waals surface area contributed by atoms with Crippen molar-refractivity contribution in [2.24, 2.45) is 0 Å². The lowest BCUT2D eigenvalue weighted by Gasteiger charge is -2.12. The highest BCUT2D eigenvalue weighted by Gasteiger charge is 2.30. The van der Waals surface area contributed by atoms with E-state index < -0.39 is 11.7 Å². The van der Waals surface area contributed by atoms with Gasteiger partial charge in [-0.05, 0) is 37.4 Å². The molecule has 2 rings (SSSR count). The van der Waals surface area contributed by atoms with Crippen molar-refractivity contribution >= 4 is 0 Å². The van der Waals surface area contributed by atoms with E-state index in [9.17, 15) is 13.2 Å². The van der Waals surface area contributed by atoms with Gasteiger partial charge in [0, 0.05) is 6.04 Å². The third-order valence-corrected chi connectivity index (χ3v) is 2.90. The smallest absolute Gasteiger partial charge is 0.314 e. The largest absolute Gasteiger partial charge is 0.416 e. The van der Waals surface area contributed by atoms with Crippen LogP contribution in [0.25, 0.3) is 0 Å². The van der Waals surface area contributed by atoms with E-state index in [1.54, 1.807) is 6.07 Å². The summed E-state index contributed by atoms with van der Waals surface area (Å²) in [4.78, 5) is 0. The predicted molar refractivity (Wildman–Crippen MR) is 56.2 cm³/mol. The highest BCUT2D eigenvalue weighted by Crippen LogP contribution is 2.29. The average molecular weight is 229 g/mol. The molecule has 0 spiro atoms. The van der Waals surface area contributed by atoms with Gasteiger partial charge in [0.05, 0.1) is 5.56 Å². The minimum Gasteiger partial charge on any atom is -0.314 e. The summed E-state index contributed by atoms with van der Waals surface area (Å²) in [6.07, 6.45) is -1.39. The molecule has 1 saturated heterocycles. The minimum atomic E-state index is -4.24. The Hall–Kier alpha value is -1.03. The second-order valence-electron chi connectivity index (χ2n) is 4.20. The first kappa shape index (κ1) is 11.5. The lowest BCUT2D eigenvalue weighted by molar-refractivity contribution is -0.137. The normalized spacial score (nSPS) is 21.3. The van der Waals surface area contributed by atoms with E-state index in [0.29, 0.717) is 12.5 Å². The summed E-state index contributed by atoms with van der Waals surface area (Å²) >= 11 is 0. The number of hydrogen-bond donors (Lipinski definition) is 1. The summed E-state index contributed by atoms with van der Waals surface area (Å²) in [5, 5.41) is 3.28. The molecular weight excluding hydrogens is 215 g/mol. The van der Waals surface area contributed by atoms with Crippen LogP contribution >= 0.6 is 0 Å². The number of hydrogen-bond acceptors (Lipinski definition) is 1. The van der Waals surface area contributed by atoms with Crippen LogP contribution in [0.5, 0.6) is 0 Å². The summed E-state index contributed by atoms with van der Waals surface area (Å²) in [5.41, 5.74) is 0.206. The predicted octanol–water partition coefficient (Wildman–Crippen LogP) is 3.00. The fraction of sp³-hybridized carbons (Fsp3) is 0.500. The molecule has 0 radical (unpaired) electrons. The van der Waals surface area contributed by atoms with E-state index in [1.807, 2.05) is 0 Å². The molecule has 1 aromatic rings. The van der Waals surface area contributed by atoms with Crippen LogP contribution in [-0.4, -0.2) is 12.6 Å². The van der Waals surface area contributed by atoms with Crippen molar-refractivity contribution in [2.45, 2.75) is 31.5 Å². The molecule has 16 heavy (non-hydrogen) atoms. The third-order valence-electron chi connectivity index (χ3n) is 2.90. The molecule has 1 aliphatic rings. The molecule has 0 unspecified atom stereocenters. The minimum absolute atomic E-state index is 0.337. The fourth-order valence-corrected chi connectivity index (χ4v) is 2.09. The van der Waals surface area contributed by atoms with Gasteiger partial charge >= 0.3 is 6.18 Å². The molecule has 0 amide bonds. The van der Waals surface area contributed by atoms with Crippen molar-refractivity contribution < 1.29 is 13.2 Å². The lowest BCUT2D eigenvalue weighted by atomic mass is 10.0. The van der Waals surface area contributed by atoms with Crippen molar-refractivity contribution in [1.29, 1.82) is 0 Å². The van der Waals surface area contributed by atoms with Gasteiger partial charge < -0.3 is 5.32 Å². The second-order valence-corrected chi connectivity index (χ2v) is 4.20. The Morgan fingerprint density at radius 2 is 2.12 bits per heavy atom. The first-order valence-electron chi connectivity index (χ1n) is 5.45. The van der Waals surface area contributed by atoms with Gasteiger partial charge in [-0.25, -0.2) is 0 Å². The van der Waals surface area contributed by atoms with Crippen molar-refractivity contribution in [2.75, 3.05) is 6.54 Å². The van der Waals surface area contributed by atoms with Crippen LogP contribution < -0.4 is 5.32 Å². The summed E-state index contributed by atoms with van der Waals surface area (Å²) < 4.78 is 37.4. The Morgan fingerprint density at radius 3 is 2.75 bits per heavy atom. The fourth-order valence-electron chi connectivity index (χ4n) is 2.09. The molecule has 88 valence electrons. The molecular formula is C12H14F3N. The van der Waals surface area contributed by atoms with Crippen LogP contribution in [0.3, 0.4) is 0 Å². The molecule has 1 aromatic carbocycles. The van der Waals surface area contributed by atoms with Crippen molar-refractivity contribution in [3.63, 3.8) is 0 Å². The SMILES string of the molecule is FC(F)(F)c1cccc(C[C@@H]2CCCN2)c1. The Morgan fingerprint density at radius 1 is 1.31 bits per heavy atom. The van der Waals surface area contributed by atoms with Gasteiger partial charge in [0.1, 0.15) is 0 Å².